The summed E-state index contributed by atoms with van der Waals surface area (Å²) in [6, 6.07) is 5.52. The molecule has 1 aromatic carbocycles. The summed E-state index contributed by atoms with van der Waals surface area (Å²) in [4.78, 5) is 11.0. The number of fused-ring (bicyclic) bond motifs is 1. The van der Waals surface area contributed by atoms with E-state index < -0.39 is 0 Å². The van der Waals surface area contributed by atoms with Gasteiger partial charge in [-0.15, -0.1) is 22.7 Å². The highest BCUT2D eigenvalue weighted by molar-refractivity contribution is 7.28. The topological polar surface area (TPSA) is 63.3 Å². The molecule has 4 nitrogen and oxygen atoms in total. The molecule has 130 valence electrons. The van der Waals surface area contributed by atoms with Gasteiger partial charge in [0.2, 0.25) is 0 Å². The molecule has 3 heterocycles. The lowest BCUT2D eigenvalue weighted by molar-refractivity contribution is 0.465. The number of rotatable bonds is 3. The van der Waals surface area contributed by atoms with Crippen LogP contribution in [0, 0.1) is 5.82 Å². The predicted molar refractivity (Wildman–Crippen MR) is 106 cm³/mol. The van der Waals surface area contributed by atoms with E-state index in [1.165, 1.54) is 34.7 Å². The van der Waals surface area contributed by atoms with Gasteiger partial charge in [0.15, 0.2) is 0 Å². The third-order valence-corrected chi connectivity index (χ3v) is 6.89. The van der Waals surface area contributed by atoms with Crippen LogP contribution in [0.2, 0.25) is 0 Å². The Hall–Kier alpha value is -1.83. The van der Waals surface area contributed by atoms with Crippen LogP contribution < -0.4 is 11.1 Å². The molecule has 0 atom stereocenters. The molecule has 1 aliphatic rings. The van der Waals surface area contributed by atoms with Gasteiger partial charge in [-0.2, -0.15) is 0 Å². The molecule has 1 saturated heterocycles. The Morgan fingerprint density at radius 1 is 1.28 bits per heavy atom. The fraction of sp³-hybridized carbons (Fsp3) is 0.333. The molecule has 1 fully saturated rings. The zero-order valence-corrected chi connectivity index (χ0v) is 15.5. The highest BCUT2D eigenvalue weighted by Crippen LogP contribution is 2.40. The van der Waals surface area contributed by atoms with Crippen LogP contribution in [0.3, 0.4) is 0 Å². The fourth-order valence-corrected chi connectivity index (χ4v) is 5.59. The van der Waals surface area contributed by atoms with E-state index in [2.05, 4.69) is 16.4 Å². The quantitative estimate of drug-likeness (QED) is 0.532. The molecule has 25 heavy (non-hydrogen) atoms. The van der Waals surface area contributed by atoms with Crippen molar-refractivity contribution in [3.8, 4) is 10.6 Å². The number of aromatic nitrogens is 1. The van der Waals surface area contributed by atoms with Gasteiger partial charge in [-0.25, -0.2) is 9.37 Å². The van der Waals surface area contributed by atoms with Gasteiger partial charge in [0.05, 0.1) is 10.3 Å². The molecule has 7 heteroatoms. The van der Waals surface area contributed by atoms with Gasteiger partial charge in [-0.3, -0.25) is 4.99 Å². The summed E-state index contributed by atoms with van der Waals surface area (Å²) in [5, 5.41) is 4.21. The van der Waals surface area contributed by atoms with Crippen LogP contribution in [-0.4, -0.2) is 31.3 Å². The highest BCUT2D eigenvalue weighted by Gasteiger charge is 2.20. The maximum Gasteiger partial charge on any atom is 0.135 e. The van der Waals surface area contributed by atoms with E-state index in [0.717, 1.165) is 28.5 Å². The van der Waals surface area contributed by atoms with Gasteiger partial charge >= 0.3 is 0 Å². The summed E-state index contributed by atoms with van der Waals surface area (Å²) < 4.78 is 15.4. The Morgan fingerprint density at radius 2 is 2.08 bits per heavy atom. The molecule has 0 aliphatic carbocycles. The van der Waals surface area contributed by atoms with E-state index in [1.54, 1.807) is 35.8 Å². The van der Waals surface area contributed by atoms with Crippen molar-refractivity contribution in [2.24, 2.45) is 4.99 Å². The van der Waals surface area contributed by atoms with Crippen LogP contribution in [-0.2, 0) is 0 Å². The number of hydrogen-bond donors (Lipinski definition) is 2. The lowest BCUT2D eigenvalue weighted by atomic mass is 9.97. The number of nitrogen functional groups attached to an aromatic ring is 1. The van der Waals surface area contributed by atoms with Gasteiger partial charge < -0.3 is 11.1 Å². The van der Waals surface area contributed by atoms with Gasteiger partial charge in [0.1, 0.15) is 15.7 Å². The molecule has 4 rings (SSSR count). The SMILES string of the molecule is CN=Cc1c(N)cc(-c2nc3sc(C4CCNCC4)cc3s2)cc1F. The lowest BCUT2D eigenvalue weighted by Gasteiger charge is -2.21. The van der Waals surface area contributed by atoms with Crippen LogP contribution in [0.4, 0.5) is 10.1 Å². The third-order valence-electron chi connectivity index (χ3n) is 4.52. The Bertz CT molecular complexity index is 883. The molecule has 1 aliphatic heterocycles. The molecule has 3 N–H and O–H groups in total. The van der Waals surface area contributed by atoms with E-state index in [4.69, 9.17) is 10.7 Å². The second-order valence-corrected chi connectivity index (χ2v) is 8.30. The molecule has 0 amide bonds. The molecular weight excluding hydrogens is 355 g/mol. The standard InChI is InChI=1S/C18H19FN4S2/c1-21-9-12-13(19)6-11(7-14(12)20)17-23-18-16(25-17)8-15(24-18)10-2-4-22-5-3-10/h6-10,22H,2-5,20H2,1H3. The number of anilines is 1. The van der Waals surface area contributed by atoms with Crippen molar-refractivity contribution in [3.63, 3.8) is 0 Å². The van der Waals surface area contributed by atoms with E-state index in [9.17, 15) is 4.39 Å². The van der Waals surface area contributed by atoms with Crippen LogP contribution in [0.15, 0.2) is 23.2 Å². The fourth-order valence-electron chi connectivity index (χ4n) is 3.21. The summed E-state index contributed by atoms with van der Waals surface area (Å²) in [6.07, 6.45) is 3.81. The monoisotopic (exact) mass is 374 g/mol. The normalized spacial score (nSPS) is 16.2. The van der Waals surface area contributed by atoms with Crippen molar-refractivity contribution in [2.75, 3.05) is 25.9 Å². The molecule has 2 aromatic heterocycles. The highest BCUT2D eigenvalue weighted by atomic mass is 32.1. The number of hydrogen-bond acceptors (Lipinski definition) is 6. The minimum Gasteiger partial charge on any atom is -0.398 e. The van der Waals surface area contributed by atoms with E-state index in [-0.39, 0.29) is 5.82 Å². The van der Waals surface area contributed by atoms with Crippen molar-refractivity contribution >= 4 is 44.1 Å². The van der Waals surface area contributed by atoms with Crippen molar-refractivity contribution in [1.29, 1.82) is 0 Å². The number of halogens is 1. The van der Waals surface area contributed by atoms with Gasteiger partial charge in [-0.1, -0.05) is 0 Å². The first-order chi connectivity index (χ1) is 12.2. The van der Waals surface area contributed by atoms with Crippen LogP contribution in [0.5, 0.6) is 0 Å². The summed E-state index contributed by atoms with van der Waals surface area (Å²) in [5.41, 5.74) is 7.42. The number of thiophene rings is 1. The van der Waals surface area contributed by atoms with Crippen LogP contribution in [0.25, 0.3) is 20.1 Å². The van der Waals surface area contributed by atoms with E-state index >= 15 is 0 Å². The lowest BCUT2D eigenvalue weighted by Crippen LogP contribution is -2.26. The molecular formula is C18H19FN4S2. The van der Waals surface area contributed by atoms with Crippen molar-refractivity contribution in [2.45, 2.75) is 18.8 Å². The summed E-state index contributed by atoms with van der Waals surface area (Å²) in [5.74, 6) is 0.270. The molecule has 0 saturated carbocycles. The Morgan fingerprint density at radius 3 is 2.76 bits per heavy atom. The summed E-state index contributed by atoms with van der Waals surface area (Å²) in [6.45, 7) is 2.17. The Balaban J connectivity index is 1.67. The van der Waals surface area contributed by atoms with Crippen LogP contribution in [0.1, 0.15) is 29.2 Å². The number of thiazole rings is 1. The van der Waals surface area contributed by atoms with Gasteiger partial charge in [0.25, 0.3) is 0 Å². The maximum atomic E-state index is 14.3. The minimum absolute atomic E-state index is 0.331. The van der Waals surface area contributed by atoms with E-state index in [1.807, 2.05) is 0 Å². The number of nitrogens with zero attached hydrogens (tertiary/aromatic N) is 2. The molecule has 0 unspecified atom stereocenters. The first-order valence-electron chi connectivity index (χ1n) is 8.28. The largest absolute Gasteiger partial charge is 0.398 e. The third kappa shape index (κ3) is 3.19. The smallest absolute Gasteiger partial charge is 0.135 e. The number of piperidine rings is 1. The Labute approximate surface area is 153 Å². The second-order valence-electron chi connectivity index (χ2n) is 6.21. The zero-order chi connectivity index (χ0) is 17.4. The minimum atomic E-state index is -0.366. The summed E-state index contributed by atoms with van der Waals surface area (Å²) >= 11 is 3.36. The van der Waals surface area contributed by atoms with Crippen molar-refractivity contribution in [3.05, 3.63) is 34.5 Å². The number of nitrogens with one attached hydrogen (secondary N) is 1. The predicted octanol–water partition coefficient (Wildman–Crippen LogP) is 4.26. The van der Waals surface area contributed by atoms with Crippen LogP contribution >= 0.6 is 22.7 Å². The molecule has 0 bridgehead atoms. The number of nitrogens with two attached hydrogens (primary N) is 1. The first kappa shape index (κ1) is 16.6. The van der Waals surface area contributed by atoms with Crippen molar-refractivity contribution in [1.82, 2.24) is 10.3 Å². The molecule has 3 aromatic rings. The van der Waals surface area contributed by atoms with Gasteiger partial charge in [-0.05, 0) is 50.0 Å². The average Bonchev–Trinajstić information content (AvgIpc) is 3.18. The first-order valence-corrected chi connectivity index (χ1v) is 9.91. The molecule has 0 radical (unpaired) electrons. The van der Waals surface area contributed by atoms with Crippen molar-refractivity contribution < 1.29 is 4.39 Å². The Kier molecular flexibility index (Phi) is 4.54. The van der Waals surface area contributed by atoms with E-state index in [0.29, 0.717) is 17.2 Å². The number of aliphatic imine (C=N–C) groups is 1. The maximum absolute atomic E-state index is 14.3. The zero-order valence-electron chi connectivity index (χ0n) is 13.9. The number of benzene rings is 1. The second kappa shape index (κ2) is 6.82. The summed E-state index contributed by atoms with van der Waals surface area (Å²) in [7, 11) is 1.60. The molecule has 0 spiro atoms. The van der Waals surface area contributed by atoms with Gasteiger partial charge in [0, 0.05) is 29.4 Å². The average molecular weight is 375 g/mol.